The van der Waals surface area contributed by atoms with Gasteiger partial charge in [-0.25, -0.2) is 0 Å². The smallest absolute Gasteiger partial charge is 0.216 e. The Kier molecular flexibility index (Phi) is 4.17. The van der Waals surface area contributed by atoms with Gasteiger partial charge in [0, 0.05) is 13.5 Å². The Balaban J connectivity index is 2.34. The second-order valence-electron chi connectivity index (χ2n) is 3.73. The molecule has 2 heteroatoms. The van der Waals surface area contributed by atoms with E-state index in [1.807, 2.05) is 18.2 Å². The Morgan fingerprint density at radius 1 is 1.36 bits per heavy atom. The summed E-state index contributed by atoms with van der Waals surface area (Å²) in [6.07, 6.45) is 1.01. The van der Waals surface area contributed by atoms with Crippen molar-refractivity contribution in [3.8, 4) is 0 Å². The summed E-state index contributed by atoms with van der Waals surface area (Å²) in [5.41, 5.74) is 1.32. The van der Waals surface area contributed by atoms with Crippen LogP contribution in [-0.4, -0.2) is 12.5 Å². The second-order valence-corrected chi connectivity index (χ2v) is 3.73. The molecule has 14 heavy (non-hydrogen) atoms. The lowest BCUT2D eigenvalue weighted by atomic mass is 10.0. The van der Waals surface area contributed by atoms with Crippen LogP contribution in [0.5, 0.6) is 0 Å². The zero-order valence-electron chi connectivity index (χ0n) is 8.79. The molecule has 0 aliphatic rings. The Morgan fingerprint density at radius 2 is 2.00 bits per heavy atom. The number of carbonyl (C=O) groups excluding carboxylic acids is 1. The van der Waals surface area contributed by atoms with Gasteiger partial charge in [-0.1, -0.05) is 37.3 Å². The average molecular weight is 191 g/mol. The Labute approximate surface area is 85.3 Å². The highest BCUT2D eigenvalue weighted by Gasteiger charge is 2.03. The van der Waals surface area contributed by atoms with Crippen molar-refractivity contribution >= 4 is 5.91 Å². The van der Waals surface area contributed by atoms with Crippen LogP contribution in [0, 0.1) is 5.92 Å². The van der Waals surface area contributed by atoms with Crippen molar-refractivity contribution in [2.24, 2.45) is 5.92 Å². The predicted octanol–water partition coefficient (Wildman–Crippen LogP) is 2.00. The van der Waals surface area contributed by atoms with Crippen molar-refractivity contribution in [1.29, 1.82) is 0 Å². The van der Waals surface area contributed by atoms with Crippen LogP contribution >= 0.6 is 0 Å². The third-order valence-electron chi connectivity index (χ3n) is 2.13. The van der Waals surface area contributed by atoms with Gasteiger partial charge in [0.25, 0.3) is 0 Å². The molecule has 2 nitrogen and oxygen atoms in total. The van der Waals surface area contributed by atoms with E-state index >= 15 is 0 Å². The van der Waals surface area contributed by atoms with Gasteiger partial charge in [-0.3, -0.25) is 4.79 Å². The van der Waals surface area contributed by atoms with Gasteiger partial charge >= 0.3 is 0 Å². The molecular formula is C12H17NO. The van der Waals surface area contributed by atoms with E-state index in [4.69, 9.17) is 0 Å². The first-order valence-corrected chi connectivity index (χ1v) is 4.97. The lowest BCUT2D eigenvalue weighted by Crippen LogP contribution is -2.26. The molecule has 0 saturated carbocycles. The van der Waals surface area contributed by atoms with Crippen molar-refractivity contribution in [3.63, 3.8) is 0 Å². The molecule has 1 amide bonds. The summed E-state index contributed by atoms with van der Waals surface area (Å²) in [7, 11) is 0. The summed E-state index contributed by atoms with van der Waals surface area (Å²) in [6, 6.07) is 10.3. The quantitative estimate of drug-likeness (QED) is 0.775. The van der Waals surface area contributed by atoms with Crippen LogP contribution in [-0.2, 0) is 11.2 Å². The van der Waals surface area contributed by atoms with Gasteiger partial charge in [-0.2, -0.15) is 0 Å². The van der Waals surface area contributed by atoms with E-state index in [0.717, 1.165) is 13.0 Å². The molecule has 1 aromatic carbocycles. The van der Waals surface area contributed by atoms with Crippen LogP contribution in [0.3, 0.4) is 0 Å². The average Bonchev–Trinajstić information content (AvgIpc) is 2.16. The van der Waals surface area contributed by atoms with Crippen LogP contribution in [0.4, 0.5) is 0 Å². The van der Waals surface area contributed by atoms with Crippen molar-refractivity contribution < 1.29 is 4.79 Å². The minimum Gasteiger partial charge on any atom is -0.356 e. The molecule has 0 aromatic heterocycles. The summed E-state index contributed by atoms with van der Waals surface area (Å²) in [5, 5.41) is 2.83. The Morgan fingerprint density at radius 3 is 2.57 bits per heavy atom. The first-order chi connectivity index (χ1) is 6.68. The first kappa shape index (κ1) is 10.8. The van der Waals surface area contributed by atoms with E-state index < -0.39 is 0 Å². The van der Waals surface area contributed by atoms with E-state index in [2.05, 4.69) is 24.4 Å². The number of rotatable bonds is 4. The molecule has 0 aliphatic heterocycles. The number of benzene rings is 1. The minimum absolute atomic E-state index is 0.0462. The Bertz CT molecular complexity index is 282. The van der Waals surface area contributed by atoms with E-state index in [0.29, 0.717) is 5.92 Å². The minimum atomic E-state index is 0.0462. The standard InChI is InChI=1S/C12H17NO/c1-10(9-13-11(2)14)8-12-6-4-3-5-7-12/h3-7,10H,8-9H2,1-2H3,(H,13,14). The number of amides is 1. The normalized spacial score (nSPS) is 12.1. The highest BCUT2D eigenvalue weighted by atomic mass is 16.1. The van der Waals surface area contributed by atoms with Crippen LogP contribution in [0.15, 0.2) is 30.3 Å². The lowest BCUT2D eigenvalue weighted by molar-refractivity contribution is -0.119. The van der Waals surface area contributed by atoms with Gasteiger partial charge < -0.3 is 5.32 Å². The zero-order chi connectivity index (χ0) is 10.4. The molecule has 0 heterocycles. The maximum atomic E-state index is 10.7. The number of nitrogens with one attached hydrogen (secondary N) is 1. The number of carbonyl (C=O) groups is 1. The summed E-state index contributed by atoms with van der Waals surface area (Å²) >= 11 is 0. The van der Waals surface area contributed by atoms with Crippen molar-refractivity contribution in [3.05, 3.63) is 35.9 Å². The largest absolute Gasteiger partial charge is 0.356 e. The van der Waals surface area contributed by atoms with Gasteiger partial charge in [0.1, 0.15) is 0 Å². The van der Waals surface area contributed by atoms with E-state index in [-0.39, 0.29) is 5.91 Å². The van der Waals surface area contributed by atoms with Gasteiger partial charge in [0.05, 0.1) is 0 Å². The molecule has 1 N–H and O–H groups in total. The van der Waals surface area contributed by atoms with Crippen LogP contribution in [0.25, 0.3) is 0 Å². The third-order valence-corrected chi connectivity index (χ3v) is 2.13. The van der Waals surface area contributed by atoms with Crippen LogP contribution in [0.2, 0.25) is 0 Å². The fourth-order valence-electron chi connectivity index (χ4n) is 1.41. The van der Waals surface area contributed by atoms with Crippen molar-refractivity contribution in [1.82, 2.24) is 5.32 Å². The van der Waals surface area contributed by atoms with Crippen molar-refractivity contribution in [2.75, 3.05) is 6.54 Å². The lowest BCUT2D eigenvalue weighted by Gasteiger charge is -2.11. The molecule has 0 bridgehead atoms. The van der Waals surface area contributed by atoms with E-state index in [1.165, 1.54) is 5.56 Å². The molecule has 0 spiro atoms. The molecule has 1 atom stereocenters. The highest BCUT2D eigenvalue weighted by molar-refractivity contribution is 5.72. The van der Waals surface area contributed by atoms with Crippen molar-refractivity contribution in [2.45, 2.75) is 20.3 Å². The van der Waals surface area contributed by atoms with Crippen LogP contribution < -0.4 is 5.32 Å². The SMILES string of the molecule is CC(=O)NCC(C)Cc1ccccc1. The zero-order valence-corrected chi connectivity index (χ0v) is 8.79. The topological polar surface area (TPSA) is 29.1 Å². The van der Waals surface area contributed by atoms with Gasteiger partial charge in [-0.05, 0) is 17.9 Å². The fourth-order valence-corrected chi connectivity index (χ4v) is 1.41. The third kappa shape index (κ3) is 4.08. The van der Waals surface area contributed by atoms with Gasteiger partial charge in [0.15, 0.2) is 0 Å². The summed E-state index contributed by atoms with van der Waals surface area (Å²) in [4.78, 5) is 10.7. The molecule has 1 rings (SSSR count). The molecule has 0 fully saturated rings. The predicted molar refractivity (Wildman–Crippen MR) is 58.0 cm³/mol. The molecular weight excluding hydrogens is 174 g/mol. The summed E-state index contributed by atoms with van der Waals surface area (Å²) < 4.78 is 0. The molecule has 0 aliphatic carbocycles. The number of hydrogen-bond donors (Lipinski definition) is 1. The molecule has 0 saturated heterocycles. The molecule has 0 radical (unpaired) electrons. The number of hydrogen-bond acceptors (Lipinski definition) is 1. The Hall–Kier alpha value is -1.31. The van der Waals surface area contributed by atoms with Crippen LogP contribution in [0.1, 0.15) is 19.4 Å². The monoisotopic (exact) mass is 191 g/mol. The molecule has 76 valence electrons. The highest BCUT2D eigenvalue weighted by Crippen LogP contribution is 2.06. The van der Waals surface area contributed by atoms with Gasteiger partial charge in [-0.15, -0.1) is 0 Å². The maximum Gasteiger partial charge on any atom is 0.216 e. The van der Waals surface area contributed by atoms with E-state index in [1.54, 1.807) is 6.92 Å². The fraction of sp³-hybridized carbons (Fsp3) is 0.417. The second kappa shape index (κ2) is 5.43. The summed E-state index contributed by atoms with van der Waals surface area (Å²) in [6.45, 7) is 4.45. The summed E-state index contributed by atoms with van der Waals surface area (Å²) in [5.74, 6) is 0.534. The van der Waals surface area contributed by atoms with E-state index in [9.17, 15) is 4.79 Å². The molecule has 1 aromatic rings. The molecule has 1 unspecified atom stereocenters. The maximum absolute atomic E-state index is 10.7. The van der Waals surface area contributed by atoms with Gasteiger partial charge in [0.2, 0.25) is 5.91 Å². The first-order valence-electron chi connectivity index (χ1n) is 4.97.